The van der Waals surface area contributed by atoms with Crippen LogP contribution in [0.1, 0.15) is 17.1 Å². The number of amides is 1. The summed E-state index contributed by atoms with van der Waals surface area (Å²) in [6.45, 7) is 1.92. The largest absolute Gasteiger partial charge is 0.550 e. The zero-order chi connectivity index (χ0) is 14.0. The highest BCUT2D eigenvalue weighted by Gasteiger charge is 2.31. The number of carbonyl (C=O) groups excluding carboxylic acids is 2. The number of hydrogen-bond acceptors (Lipinski definition) is 7. The van der Waals surface area contributed by atoms with Gasteiger partial charge in [-0.05, 0) is 13.0 Å². The van der Waals surface area contributed by atoms with Crippen LogP contribution in [0.4, 0.5) is 0 Å². The number of carboxylic acid groups (broad SMARTS) is 1. The van der Waals surface area contributed by atoms with E-state index in [2.05, 4.69) is 4.98 Å². The van der Waals surface area contributed by atoms with Crippen molar-refractivity contribution in [3.63, 3.8) is 0 Å². The van der Waals surface area contributed by atoms with Gasteiger partial charge >= 0.3 is 0 Å². The standard InChI is InChI=1S/C11H10N2O3S3/c1-6-12-7(5-18-6)4-8-10(16)13(11(17)19-8)3-2-9(14)15/h4-5H,2-3H2,1H3,(H,14,15)/p-1/b8-4-. The topological polar surface area (TPSA) is 73.3 Å². The molecule has 1 saturated heterocycles. The van der Waals surface area contributed by atoms with E-state index in [-0.39, 0.29) is 18.9 Å². The monoisotopic (exact) mass is 313 g/mol. The molecule has 19 heavy (non-hydrogen) atoms. The fraction of sp³-hybridized carbons (Fsp3) is 0.273. The number of aryl methyl sites for hydroxylation is 1. The molecule has 0 unspecified atom stereocenters. The van der Waals surface area contributed by atoms with Crippen molar-refractivity contribution in [2.24, 2.45) is 0 Å². The number of nitrogens with zero attached hydrogens (tertiary/aromatic N) is 2. The number of carbonyl (C=O) groups is 2. The third kappa shape index (κ3) is 3.40. The fourth-order valence-electron chi connectivity index (χ4n) is 1.48. The molecular formula is C11H9N2O3S3-. The van der Waals surface area contributed by atoms with E-state index in [1.807, 2.05) is 12.3 Å². The first-order valence-electron chi connectivity index (χ1n) is 5.34. The molecule has 0 bridgehead atoms. The molecular weight excluding hydrogens is 304 g/mol. The average Bonchev–Trinajstić information content (AvgIpc) is 2.83. The summed E-state index contributed by atoms with van der Waals surface area (Å²) in [4.78, 5) is 28.5. The van der Waals surface area contributed by atoms with Gasteiger partial charge in [-0.2, -0.15) is 0 Å². The van der Waals surface area contributed by atoms with Crippen LogP contribution in [-0.2, 0) is 9.59 Å². The van der Waals surface area contributed by atoms with E-state index in [1.165, 1.54) is 16.2 Å². The highest BCUT2D eigenvalue weighted by atomic mass is 32.2. The van der Waals surface area contributed by atoms with E-state index in [9.17, 15) is 14.7 Å². The van der Waals surface area contributed by atoms with Crippen molar-refractivity contribution in [1.82, 2.24) is 9.88 Å². The zero-order valence-electron chi connectivity index (χ0n) is 9.91. The second-order valence-corrected chi connectivity index (χ2v) is 6.48. The quantitative estimate of drug-likeness (QED) is 0.604. The first-order valence-corrected chi connectivity index (χ1v) is 7.45. The number of rotatable bonds is 4. The van der Waals surface area contributed by atoms with Gasteiger partial charge in [-0.3, -0.25) is 9.69 Å². The highest BCUT2D eigenvalue weighted by molar-refractivity contribution is 8.26. The normalized spacial score (nSPS) is 17.5. The molecule has 2 rings (SSSR count). The molecule has 1 aliphatic heterocycles. The second kappa shape index (κ2) is 5.81. The minimum Gasteiger partial charge on any atom is -0.550 e. The lowest BCUT2D eigenvalue weighted by Crippen LogP contribution is -2.33. The van der Waals surface area contributed by atoms with Crippen molar-refractivity contribution < 1.29 is 14.7 Å². The second-order valence-electron chi connectivity index (χ2n) is 3.75. The Morgan fingerprint density at radius 3 is 2.95 bits per heavy atom. The predicted molar refractivity (Wildman–Crippen MR) is 76.4 cm³/mol. The third-order valence-electron chi connectivity index (χ3n) is 2.33. The van der Waals surface area contributed by atoms with Crippen molar-refractivity contribution in [3.05, 3.63) is 21.0 Å². The van der Waals surface area contributed by atoms with Crippen LogP contribution < -0.4 is 5.11 Å². The maximum Gasteiger partial charge on any atom is 0.266 e. The summed E-state index contributed by atoms with van der Waals surface area (Å²) >= 11 is 7.72. The summed E-state index contributed by atoms with van der Waals surface area (Å²) in [7, 11) is 0. The molecule has 0 aliphatic carbocycles. The fourth-order valence-corrected chi connectivity index (χ4v) is 3.34. The van der Waals surface area contributed by atoms with E-state index < -0.39 is 5.97 Å². The molecule has 100 valence electrons. The van der Waals surface area contributed by atoms with E-state index in [0.717, 1.165) is 16.8 Å². The van der Waals surface area contributed by atoms with Crippen molar-refractivity contribution in [2.75, 3.05) is 6.54 Å². The maximum absolute atomic E-state index is 12.1. The van der Waals surface area contributed by atoms with Crippen LogP contribution in [0.2, 0.25) is 0 Å². The molecule has 5 nitrogen and oxygen atoms in total. The molecule has 1 fully saturated rings. The molecule has 0 spiro atoms. The summed E-state index contributed by atoms with van der Waals surface area (Å²) in [5.74, 6) is -1.48. The van der Waals surface area contributed by atoms with Gasteiger partial charge in [0.15, 0.2) is 0 Å². The lowest BCUT2D eigenvalue weighted by molar-refractivity contribution is -0.305. The Bertz CT molecular complexity index is 579. The lowest BCUT2D eigenvalue weighted by Gasteiger charge is -2.14. The highest BCUT2D eigenvalue weighted by Crippen LogP contribution is 2.32. The average molecular weight is 313 g/mol. The van der Waals surface area contributed by atoms with Gasteiger partial charge in [0.1, 0.15) is 4.32 Å². The van der Waals surface area contributed by atoms with E-state index >= 15 is 0 Å². The van der Waals surface area contributed by atoms with Crippen molar-refractivity contribution in [1.29, 1.82) is 0 Å². The summed E-state index contributed by atoms with van der Waals surface area (Å²) in [6, 6.07) is 0. The van der Waals surface area contributed by atoms with E-state index in [1.54, 1.807) is 6.08 Å². The number of thioether (sulfide) groups is 1. The van der Waals surface area contributed by atoms with E-state index in [4.69, 9.17) is 12.2 Å². The third-order valence-corrected chi connectivity index (χ3v) is 4.50. The van der Waals surface area contributed by atoms with Gasteiger partial charge in [-0.15, -0.1) is 11.3 Å². The number of carboxylic acids is 1. The number of aliphatic carboxylic acids is 1. The van der Waals surface area contributed by atoms with Crippen molar-refractivity contribution in [3.8, 4) is 0 Å². The molecule has 8 heteroatoms. The Balaban J connectivity index is 2.13. The Labute approximate surface area is 123 Å². The molecule has 1 amide bonds. The van der Waals surface area contributed by atoms with Crippen molar-refractivity contribution >= 4 is 57.6 Å². The van der Waals surface area contributed by atoms with Crippen LogP contribution in [0.5, 0.6) is 0 Å². The SMILES string of the molecule is Cc1nc(/C=C2\SC(=S)N(CCC(=O)[O-])C2=O)cs1. The smallest absolute Gasteiger partial charge is 0.266 e. The molecule has 0 N–H and O–H groups in total. The number of aromatic nitrogens is 1. The van der Waals surface area contributed by atoms with Gasteiger partial charge in [0, 0.05) is 24.3 Å². The van der Waals surface area contributed by atoms with Crippen LogP contribution >= 0.6 is 35.3 Å². The Hall–Kier alpha value is -1.25. The molecule has 0 aromatic carbocycles. The molecule has 0 radical (unpaired) electrons. The molecule has 0 saturated carbocycles. The molecule has 0 atom stereocenters. The maximum atomic E-state index is 12.1. The van der Waals surface area contributed by atoms with Crippen LogP contribution in [0.15, 0.2) is 10.3 Å². The summed E-state index contributed by atoms with van der Waals surface area (Å²) in [5, 5.41) is 13.2. The number of thiocarbonyl (C=S) groups is 1. The zero-order valence-corrected chi connectivity index (χ0v) is 12.4. The van der Waals surface area contributed by atoms with E-state index in [0.29, 0.717) is 14.9 Å². The molecule has 1 aliphatic rings. The molecule has 1 aromatic heterocycles. The number of hydrogen-bond donors (Lipinski definition) is 0. The Morgan fingerprint density at radius 2 is 2.37 bits per heavy atom. The molecule has 2 heterocycles. The van der Waals surface area contributed by atoms with Gasteiger partial charge in [0.05, 0.1) is 15.6 Å². The molecule has 1 aromatic rings. The minimum absolute atomic E-state index is 0.0421. The summed E-state index contributed by atoms with van der Waals surface area (Å²) in [5.41, 5.74) is 0.711. The summed E-state index contributed by atoms with van der Waals surface area (Å²) < 4.78 is 0.365. The summed E-state index contributed by atoms with van der Waals surface area (Å²) in [6.07, 6.45) is 1.44. The Morgan fingerprint density at radius 1 is 1.63 bits per heavy atom. The van der Waals surface area contributed by atoms with Gasteiger partial charge < -0.3 is 9.90 Å². The first kappa shape index (κ1) is 14.2. The Kier molecular flexibility index (Phi) is 4.33. The number of thiazole rings is 1. The van der Waals surface area contributed by atoms with Gasteiger partial charge in [0.25, 0.3) is 5.91 Å². The van der Waals surface area contributed by atoms with Gasteiger partial charge in [-0.1, -0.05) is 24.0 Å². The van der Waals surface area contributed by atoms with Crippen LogP contribution in [0, 0.1) is 6.92 Å². The predicted octanol–water partition coefficient (Wildman–Crippen LogP) is 0.793. The van der Waals surface area contributed by atoms with Crippen LogP contribution in [0.3, 0.4) is 0 Å². The van der Waals surface area contributed by atoms with Gasteiger partial charge in [-0.25, -0.2) is 4.98 Å². The van der Waals surface area contributed by atoms with Gasteiger partial charge in [0.2, 0.25) is 0 Å². The lowest BCUT2D eigenvalue weighted by atomic mass is 10.3. The van der Waals surface area contributed by atoms with Crippen LogP contribution in [0.25, 0.3) is 6.08 Å². The van der Waals surface area contributed by atoms with Crippen molar-refractivity contribution in [2.45, 2.75) is 13.3 Å². The van der Waals surface area contributed by atoms with Crippen LogP contribution in [-0.4, -0.2) is 32.6 Å². The minimum atomic E-state index is -1.20. The first-order chi connectivity index (χ1) is 8.97.